The monoisotopic (exact) mass is 699 g/mol. The molecule has 0 bridgehead atoms. The Hall–Kier alpha value is -7.09. The topological polar surface area (TPSA) is 12.9 Å². The fourth-order valence-corrected chi connectivity index (χ4v) is 8.40. The molecule has 0 spiro atoms. The van der Waals surface area contributed by atoms with Crippen molar-refractivity contribution in [1.82, 2.24) is 4.98 Å². The summed E-state index contributed by atoms with van der Waals surface area (Å²) < 4.78 is 0. The van der Waals surface area contributed by atoms with Crippen LogP contribution < -0.4 is 10.4 Å². The van der Waals surface area contributed by atoms with Crippen molar-refractivity contribution in [2.75, 3.05) is 0 Å². The number of hydrogen-bond donors (Lipinski definition) is 0. The quantitative estimate of drug-likeness (QED) is 0.163. The third-order valence-electron chi connectivity index (χ3n) is 11.2. The molecule has 0 aliphatic rings. The van der Waals surface area contributed by atoms with E-state index in [4.69, 9.17) is 4.98 Å². The zero-order chi connectivity index (χ0) is 36.9. The fourth-order valence-electron chi connectivity index (χ4n) is 8.40. The molecular weight excluding hydrogens is 663 g/mol. The summed E-state index contributed by atoms with van der Waals surface area (Å²) in [5.41, 5.74) is 10.4. The maximum absolute atomic E-state index is 5.31. The van der Waals surface area contributed by atoms with Crippen molar-refractivity contribution in [3.63, 3.8) is 0 Å². The van der Waals surface area contributed by atoms with Crippen LogP contribution in [0.4, 0.5) is 0 Å². The number of nitrogens with zero attached hydrogens (tertiary/aromatic N) is 1. The minimum absolute atomic E-state index is 0.923. The summed E-state index contributed by atoms with van der Waals surface area (Å²) in [5.74, 6) is 0. The van der Waals surface area contributed by atoms with Gasteiger partial charge >= 0.3 is 0 Å². The highest BCUT2D eigenvalue weighted by atomic mass is 14.7. The van der Waals surface area contributed by atoms with Crippen LogP contribution in [-0.2, 0) is 0 Å². The molecule has 1 heteroatoms. The van der Waals surface area contributed by atoms with Gasteiger partial charge in [0.05, 0.1) is 11.2 Å². The third kappa shape index (κ3) is 5.61. The molecule has 0 atom stereocenters. The van der Waals surface area contributed by atoms with Gasteiger partial charge in [-0.25, -0.2) is 4.98 Å². The summed E-state index contributed by atoms with van der Waals surface area (Å²) in [6, 6.07) is 65.7. The second-order valence-electron chi connectivity index (χ2n) is 14.4. The highest BCUT2D eigenvalue weighted by molar-refractivity contribution is 6.24. The number of fused-ring (bicyclic) bond motifs is 5. The zero-order valence-corrected chi connectivity index (χ0v) is 30.6. The predicted molar refractivity (Wildman–Crippen MR) is 237 cm³/mol. The van der Waals surface area contributed by atoms with Gasteiger partial charge in [0.25, 0.3) is 0 Å². The highest BCUT2D eigenvalue weighted by Gasteiger charge is 2.19. The van der Waals surface area contributed by atoms with Gasteiger partial charge in [-0.3, -0.25) is 0 Å². The van der Waals surface area contributed by atoms with Crippen molar-refractivity contribution in [1.29, 1.82) is 0 Å². The molecule has 1 nitrogen and oxygen atoms in total. The molecule has 0 radical (unpaired) electrons. The summed E-state index contributed by atoms with van der Waals surface area (Å²) in [6.45, 7) is 6.67. The van der Waals surface area contributed by atoms with E-state index in [0.717, 1.165) is 32.6 Å². The molecule has 0 N–H and O–H groups in total. The minimum Gasteiger partial charge on any atom is -0.247 e. The lowest BCUT2D eigenvalue weighted by molar-refractivity contribution is 1.38. The normalized spacial score (nSPS) is 12.4. The maximum atomic E-state index is 5.31. The third-order valence-corrected chi connectivity index (χ3v) is 11.2. The molecule has 0 fully saturated rings. The van der Waals surface area contributed by atoms with Crippen LogP contribution in [0.5, 0.6) is 0 Å². The Morgan fingerprint density at radius 2 is 1.02 bits per heavy atom. The van der Waals surface area contributed by atoms with Crippen molar-refractivity contribution in [2.24, 2.45) is 0 Å². The standard InChI is InChI=1S/C54H37N/c1-35(37-14-4-3-5-15-37)24-25-38-26-28-40-30-33-51(55-54(40)36(38)2)45-31-32-50(44-19-9-8-18-43(44)45)53-48-22-12-10-20-46(48)52(47-21-11-13-23-49(47)53)42-29-27-39-16-6-7-17-41(39)34-42/h3-34H,2H2,1H3/b35-24+,38-25-. The molecule has 10 rings (SSSR count). The first-order chi connectivity index (χ1) is 27.1. The summed E-state index contributed by atoms with van der Waals surface area (Å²) in [5, 5.41) is 12.9. The van der Waals surface area contributed by atoms with Crippen molar-refractivity contribution in [3.8, 4) is 33.5 Å². The van der Waals surface area contributed by atoms with Crippen molar-refractivity contribution in [2.45, 2.75) is 6.92 Å². The van der Waals surface area contributed by atoms with Crippen LogP contribution in [-0.4, -0.2) is 4.98 Å². The first-order valence-corrected chi connectivity index (χ1v) is 18.9. The van der Waals surface area contributed by atoms with Gasteiger partial charge in [0.15, 0.2) is 0 Å². The van der Waals surface area contributed by atoms with Crippen LogP contribution >= 0.6 is 0 Å². The van der Waals surface area contributed by atoms with Gasteiger partial charge in [-0.15, -0.1) is 0 Å². The second kappa shape index (κ2) is 13.4. The smallest absolute Gasteiger partial charge is 0.0781 e. The molecule has 1 aromatic heterocycles. The molecule has 0 saturated heterocycles. The fraction of sp³-hybridized carbons (Fsp3) is 0.0185. The Labute approximate surface area is 320 Å². The van der Waals surface area contributed by atoms with Gasteiger partial charge in [-0.05, 0) is 101 Å². The molecule has 0 unspecified atom stereocenters. The van der Waals surface area contributed by atoms with Gasteiger partial charge in [0, 0.05) is 16.2 Å². The van der Waals surface area contributed by atoms with E-state index in [-0.39, 0.29) is 0 Å². The molecule has 0 amide bonds. The number of aromatic nitrogens is 1. The lowest BCUT2D eigenvalue weighted by Gasteiger charge is -2.20. The molecule has 55 heavy (non-hydrogen) atoms. The SMILES string of the molecule is C=c1/c(=C\C=C(/C)c2ccccc2)ccc2ccc(-c3ccc(-c4c5ccccc5c(-c5ccc6ccccc6c5)c5ccccc45)c4ccccc34)nc12. The molecule has 9 aromatic carbocycles. The number of hydrogen-bond acceptors (Lipinski definition) is 1. The van der Waals surface area contributed by atoms with Crippen LogP contribution in [0.15, 0.2) is 188 Å². The minimum atomic E-state index is 0.923. The van der Waals surface area contributed by atoms with E-state index in [9.17, 15) is 0 Å². The summed E-state index contributed by atoms with van der Waals surface area (Å²) in [4.78, 5) is 5.31. The number of pyridine rings is 1. The summed E-state index contributed by atoms with van der Waals surface area (Å²) in [7, 11) is 0. The van der Waals surface area contributed by atoms with Crippen LogP contribution in [0.2, 0.25) is 0 Å². The largest absolute Gasteiger partial charge is 0.247 e. The predicted octanol–water partition coefficient (Wildman–Crippen LogP) is 13.1. The molecule has 0 saturated carbocycles. The molecule has 10 aromatic rings. The Balaban J connectivity index is 1.15. The van der Waals surface area contributed by atoms with Crippen LogP contribution in [0, 0.1) is 0 Å². The van der Waals surface area contributed by atoms with Crippen molar-refractivity contribution < 1.29 is 0 Å². The molecule has 258 valence electrons. The average Bonchev–Trinajstić information content (AvgIpc) is 3.25. The number of rotatable bonds is 5. The Kier molecular flexibility index (Phi) is 7.93. The lowest BCUT2D eigenvalue weighted by Crippen LogP contribution is -2.24. The van der Waals surface area contributed by atoms with E-state index < -0.39 is 0 Å². The second-order valence-corrected chi connectivity index (χ2v) is 14.4. The van der Waals surface area contributed by atoms with E-state index in [2.05, 4.69) is 202 Å². The van der Waals surface area contributed by atoms with Crippen molar-refractivity contribution in [3.05, 3.63) is 204 Å². The van der Waals surface area contributed by atoms with Crippen LogP contribution in [0.1, 0.15) is 12.5 Å². The van der Waals surface area contributed by atoms with Crippen LogP contribution in [0.3, 0.4) is 0 Å². The first kappa shape index (κ1) is 32.6. The first-order valence-electron chi connectivity index (χ1n) is 18.9. The molecular formula is C54H37N. The van der Waals surface area contributed by atoms with E-state index >= 15 is 0 Å². The average molecular weight is 700 g/mol. The van der Waals surface area contributed by atoms with Gasteiger partial charge in [-0.2, -0.15) is 0 Å². The molecule has 1 heterocycles. The van der Waals surface area contributed by atoms with E-state index in [1.165, 1.54) is 76.5 Å². The van der Waals surface area contributed by atoms with Crippen LogP contribution in [0.25, 0.3) is 106 Å². The van der Waals surface area contributed by atoms with Gasteiger partial charge in [-0.1, -0.05) is 189 Å². The maximum Gasteiger partial charge on any atom is 0.0781 e. The summed E-state index contributed by atoms with van der Waals surface area (Å²) in [6.07, 6.45) is 4.32. The summed E-state index contributed by atoms with van der Waals surface area (Å²) >= 11 is 0. The van der Waals surface area contributed by atoms with E-state index in [1.807, 2.05) is 6.07 Å². The number of allylic oxidation sites excluding steroid dienone is 2. The van der Waals surface area contributed by atoms with Gasteiger partial charge in [0.2, 0.25) is 0 Å². The molecule has 0 aliphatic carbocycles. The zero-order valence-electron chi connectivity index (χ0n) is 30.6. The van der Waals surface area contributed by atoms with E-state index in [0.29, 0.717) is 0 Å². The van der Waals surface area contributed by atoms with E-state index in [1.54, 1.807) is 0 Å². The Morgan fingerprint density at radius 1 is 0.473 bits per heavy atom. The van der Waals surface area contributed by atoms with Gasteiger partial charge < -0.3 is 0 Å². The number of benzene rings is 9. The Bertz CT molecular complexity index is 3220. The Morgan fingerprint density at radius 3 is 1.73 bits per heavy atom. The molecule has 0 aliphatic heterocycles. The highest BCUT2D eigenvalue weighted by Crippen LogP contribution is 2.46. The van der Waals surface area contributed by atoms with Gasteiger partial charge in [0.1, 0.15) is 0 Å². The lowest BCUT2D eigenvalue weighted by atomic mass is 9.84. The van der Waals surface area contributed by atoms with Crippen molar-refractivity contribution >= 4 is 72.2 Å².